The Morgan fingerprint density at radius 1 is 1.19 bits per heavy atom. The fourth-order valence-corrected chi connectivity index (χ4v) is 3.03. The van der Waals surface area contributed by atoms with E-state index in [9.17, 15) is 4.39 Å². The Balaban J connectivity index is 1.54. The standard InChI is InChI=1S/C22H23ClFNO2/c1-2-3-4-5-17-14-26-22(27-15-17)11-7-16-6-10-21(25-13-16)18-8-9-19(23)20(24)12-18/h6,8-10,12-13,17,22H,2-5,14-15H2,1H3. The number of unbranched alkanes of at least 4 members (excludes halogenated alkanes) is 2. The van der Waals surface area contributed by atoms with Gasteiger partial charge in [0.2, 0.25) is 6.29 Å². The van der Waals surface area contributed by atoms with Crippen LogP contribution >= 0.6 is 11.6 Å². The van der Waals surface area contributed by atoms with Crippen LogP contribution in [-0.2, 0) is 9.47 Å². The normalized spacial score (nSPS) is 19.4. The molecule has 0 unspecified atom stereocenters. The van der Waals surface area contributed by atoms with Crippen molar-refractivity contribution in [2.45, 2.75) is 38.9 Å². The second-order valence-corrected chi connectivity index (χ2v) is 7.10. The molecule has 0 amide bonds. The van der Waals surface area contributed by atoms with E-state index in [2.05, 4.69) is 23.7 Å². The van der Waals surface area contributed by atoms with Crippen molar-refractivity contribution in [1.29, 1.82) is 0 Å². The van der Waals surface area contributed by atoms with E-state index in [4.69, 9.17) is 21.1 Å². The molecule has 0 radical (unpaired) electrons. The van der Waals surface area contributed by atoms with Crippen molar-refractivity contribution in [2.24, 2.45) is 5.92 Å². The molecule has 3 nitrogen and oxygen atoms in total. The largest absolute Gasteiger partial charge is 0.342 e. The van der Waals surface area contributed by atoms with E-state index in [-0.39, 0.29) is 5.02 Å². The van der Waals surface area contributed by atoms with Crippen LogP contribution in [0.25, 0.3) is 11.3 Å². The van der Waals surface area contributed by atoms with Crippen molar-refractivity contribution in [3.05, 3.63) is 52.9 Å². The smallest absolute Gasteiger partial charge is 0.222 e. The molecule has 27 heavy (non-hydrogen) atoms. The number of hydrogen-bond donors (Lipinski definition) is 0. The quantitative estimate of drug-likeness (QED) is 0.504. The first kappa shape index (κ1) is 19.8. The maximum Gasteiger partial charge on any atom is 0.222 e. The third kappa shape index (κ3) is 5.77. The lowest BCUT2D eigenvalue weighted by Gasteiger charge is -2.26. The number of aromatic nitrogens is 1. The SMILES string of the molecule is CCCCCC1COC(C#Cc2ccc(-c3ccc(Cl)c(F)c3)nc2)OC1. The van der Waals surface area contributed by atoms with Crippen LogP contribution in [0.5, 0.6) is 0 Å². The highest BCUT2D eigenvalue weighted by Gasteiger charge is 2.20. The van der Waals surface area contributed by atoms with Gasteiger partial charge in [-0.15, -0.1) is 0 Å². The topological polar surface area (TPSA) is 31.4 Å². The predicted molar refractivity (Wildman–Crippen MR) is 105 cm³/mol. The summed E-state index contributed by atoms with van der Waals surface area (Å²) in [6.07, 6.45) is 6.01. The molecular weight excluding hydrogens is 365 g/mol. The van der Waals surface area contributed by atoms with E-state index in [0.29, 0.717) is 30.4 Å². The van der Waals surface area contributed by atoms with E-state index < -0.39 is 12.1 Å². The number of hydrogen-bond acceptors (Lipinski definition) is 3. The summed E-state index contributed by atoms with van der Waals surface area (Å²) in [7, 11) is 0. The third-order valence-corrected chi connectivity index (χ3v) is 4.80. The zero-order valence-corrected chi connectivity index (χ0v) is 16.1. The number of benzene rings is 1. The Morgan fingerprint density at radius 2 is 2.00 bits per heavy atom. The van der Waals surface area contributed by atoms with Gasteiger partial charge in [0.1, 0.15) is 5.82 Å². The molecule has 3 rings (SSSR count). The van der Waals surface area contributed by atoms with Gasteiger partial charge in [0.15, 0.2) is 0 Å². The molecule has 1 fully saturated rings. The van der Waals surface area contributed by atoms with Crippen LogP contribution in [0.15, 0.2) is 36.5 Å². The summed E-state index contributed by atoms with van der Waals surface area (Å²) in [6, 6.07) is 8.28. The van der Waals surface area contributed by atoms with Crippen LogP contribution < -0.4 is 0 Å². The summed E-state index contributed by atoms with van der Waals surface area (Å²) in [5.74, 6) is 6.02. The Hall–Kier alpha value is -1.93. The van der Waals surface area contributed by atoms with Gasteiger partial charge in [-0.1, -0.05) is 49.8 Å². The van der Waals surface area contributed by atoms with Crippen LogP contribution in [-0.4, -0.2) is 24.5 Å². The van der Waals surface area contributed by atoms with Gasteiger partial charge in [-0.3, -0.25) is 4.98 Å². The van der Waals surface area contributed by atoms with Crippen molar-refractivity contribution in [3.8, 4) is 23.1 Å². The van der Waals surface area contributed by atoms with Crippen LogP contribution in [0.3, 0.4) is 0 Å². The van der Waals surface area contributed by atoms with E-state index in [0.717, 1.165) is 12.0 Å². The Morgan fingerprint density at radius 3 is 2.67 bits per heavy atom. The molecule has 0 atom stereocenters. The molecule has 0 N–H and O–H groups in total. The summed E-state index contributed by atoms with van der Waals surface area (Å²) in [4.78, 5) is 4.34. The molecule has 0 spiro atoms. The highest BCUT2D eigenvalue weighted by molar-refractivity contribution is 6.30. The lowest BCUT2D eigenvalue weighted by molar-refractivity contribution is -0.170. The average Bonchev–Trinajstić information content (AvgIpc) is 2.70. The van der Waals surface area contributed by atoms with Crippen molar-refractivity contribution < 1.29 is 13.9 Å². The molecule has 5 heteroatoms. The van der Waals surface area contributed by atoms with Crippen molar-refractivity contribution in [3.63, 3.8) is 0 Å². The number of pyridine rings is 1. The summed E-state index contributed by atoms with van der Waals surface area (Å²) in [5, 5.41) is 0.0984. The zero-order chi connectivity index (χ0) is 19.1. The first-order valence-corrected chi connectivity index (χ1v) is 9.69. The van der Waals surface area contributed by atoms with Crippen LogP contribution in [0, 0.1) is 23.6 Å². The minimum atomic E-state index is -0.488. The third-order valence-electron chi connectivity index (χ3n) is 4.50. The monoisotopic (exact) mass is 387 g/mol. The van der Waals surface area contributed by atoms with Gasteiger partial charge in [0.25, 0.3) is 0 Å². The van der Waals surface area contributed by atoms with Gasteiger partial charge >= 0.3 is 0 Å². The van der Waals surface area contributed by atoms with Crippen LogP contribution in [0.2, 0.25) is 5.02 Å². The lowest BCUT2D eigenvalue weighted by atomic mass is 10.0. The molecule has 142 valence electrons. The van der Waals surface area contributed by atoms with Crippen molar-refractivity contribution in [2.75, 3.05) is 13.2 Å². The number of nitrogens with zero attached hydrogens (tertiary/aromatic N) is 1. The van der Waals surface area contributed by atoms with Gasteiger partial charge in [0.05, 0.1) is 23.9 Å². The summed E-state index contributed by atoms with van der Waals surface area (Å²) in [6.45, 7) is 3.60. The molecule has 1 aliphatic rings. The number of halogens is 2. The van der Waals surface area contributed by atoms with E-state index in [1.165, 1.54) is 31.4 Å². The minimum absolute atomic E-state index is 0.0984. The molecule has 1 aromatic carbocycles. The van der Waals surface area contributed by atoms with E-state index in [1.54, 1.807) is 18.3 Å². The highest BCUT2D eigenvalue weighted by atomic mass is 35.5. The minimum Gasteiger partial charge on any atom is -0.342 e. The maximum atomic E-state index is 13.6. The van der Waals surface area contributed by atoms with Crippen molar-refractivity contribution >= 4 is 11.6 Å². The summed E-state index contributed by atoms with van der Waals surface area (Å²) < 4.78 is 25.0. The highest BCUT2D eigenvalue weighted by Crippen LogP contribution is 2.23. The van der Waals surface area contributed by atoms with Crippen LogP contribution in [0.1, 0.15) is 38.2 Å². The molecule has 1 aliphatic heterocycles. The van der Waals surface area contributed by atoms with Gasteiger partial charge in [-0.05, 0) is 36.6 Å². The van der Waals surface area contributed by atoms with E-state index >= 15 is 0 Å². The molecule has 1 aromatic heterocycles. The van der Waals surface area contributed by atoms with Gasteiger partial charge < -0.3 is 9.47 Å². The Bertz CT molecular complexity index is 805. The summed E-state index contributed by atoms with van der Waals surface area (Å²) >= 11 is 5.71. The number of ether oxygens (including phenoxy) is 2. The second-order valence-electron chi connectivity index (χ2n) is 6.69. The second kappa shape index (κ2) is 9.85. The molecule has 0 bridgehead atoms. The molecule has 0 saturated carbocycles. The van der Waals surface area contributed by atoms with Gasteiger partial charge in [0, 0.05) is 23.2 Å². The fourth-order valence-electron chi connectivity index (χ4n) is 2.91. The first-order chi connectivity index (χ1) is 13.2. The molecule has 1 saturated heterocycles. The average molecular weight is 388 g/mol. The van der Waals surface area contributed by atoms with Crippen LogP contribution in [0.4, 0.5) is 4.39 Å². The lowest BCUT2D eigenvalue weighted by Crippen LogP contribution is -2.31. The fraction of sp³-hybridized carbons (Fsp3) is 0.409. The molecule has 2 aromatic rings. The number of rotatable bonds is 5. The van der Waals surface area contributed by atoms with E-state index in [1.807, 2.05) is 6.07 Å². The molecule has 2 heterocycles. The maximum absolute atomic E-state index is 13.6. The first-order valence-electron chi connectivity index (χ1n) is 9.32. The molecular formula is C22H23ClFNO2. The Kier molecular flexibility index (Phi) is 7.23. The van der Waals surface area contributed by atoms with Gasteiger partial charge in [-0.2, -0.15) is 0 Å². The van der Waals surface area contributed by atoms with Crippen molar-refractivity contribution in [1.82, 2.24) is 4.98 Å². The predicted octanol–water partition coefficient (Wildman–Crippen LogP) is 5.46. The van der Waals surface area contributed by atoms with Gasteiger partial charge in [-0.25, -0.2) is 4.39 Å². The summed E-state index contributed by atoms with van der Waals surface area (Å²) in [5.41, 5.74) is 2.09. The Labute approximate surface area is 164 Å². The molecule has 0 aliphatic carbocycles. The zero-order valence-electron chi connectivity index (χ0n) is 15.4.